The van der Waals surface area contributed by atoms with Gasteiger partial charge in [-0.15, -0.1) is 0 Å². The molecule has 3 atom stereocenters. The van der Waals surface area contributed by atoms with Crippen molar-refractivity contribution in [1.29, 1.82) is 0 Å². The van der Waals surface area contributed by atoms with E-state index in [0.717, 1.165) is 24.9 Å². The molecule has 3 unspecified atom stereocenters. The molecule has 0 bridgehead atoms. The van der Waals surface area contributed by atoms with Crippen molar-refractivity contribution in [2.24, 2.45) is 11.8 Å². The van der Waals surface area contributed by atoms with Crippen LogP contribution < -0.4 is 5.32 Å². The molecular formula is C14H25N3. The van der Waals surface area contributed by atoms with E-state index in [1.807, 2.05) is 6.20 Å². The van der Waals surface area contributed by atoms with Crippen LogP contribution >= 0.6 is 0 Å². The Morgan fingerprint density at radius 2 is 2.29 bits per heavy atom. The number of nitrogens with zero attached hydrogens (tertiary/aromatic N) is 2. The van der Waals surface area contributed by atoms with E-state index in [9.17, 15) is 0 Å². The lowest BCUT2D eigenvalue weighted by molar-refractivity contribution is 0.291. The summed E-state index contributed by atoms with van der Waals surface area (Å²) in [5, 5.41) is 8.08. The second kappa shape index (κ2) is 5.67. The lowest BCUT2D eigenvalue weighted by Crippen LogP contribution is -2.31. The zero-order valence-electron chi connectivity index (χ0n) is 11.3. The molecule has 0 amide bonds. The predicted molar refractivity (Wildman–Crippen MR) is 70.8 cm³/mol. The molecule has 0 saturated heterocycles. The Hall–Kier alpha value is -0.830. The Kier molecular flexibility index (Phi) is 4.21. The zero-order chi connectivity index (χ0) is 12.3. The van der Waals surface area contributed by atoms with Crippen molar-refractivity contribution in [3.05, 3.63) is 18.0 Å². The van der Waals surface area contributed by atoms with Gasteiger partial charge in [0.15, 0.2) is 0 Å². The highest BCUT2D eigenvalue weighted by Gasteiger charge is 2.32. The third-order valence-electron chi connectivity index (χ3n) is 4.15. The highest BCUT2D eigenvalue weighted by molar-refractivity contribution is 5.10. The number of hydrogen-bond donors (Lipinski definition) is 1. The van der Waals surface area contributed by atoms with Crippen molar-refractivity contribution in [1.82, 2.24) is 15.1 Å². The van der Waals surface area contributed by atoms with E-state index < -0.39 is 0 Å². The first-order chi connectivity index (χ1) is 8.27. The summed E-state index contributed by atoms with van der Waals surface area (Å²) < 4.78 is 2.14. The molecule has 17 heavy (non-hydrogen) atoms. The summed E-state index contributed by atoms with van der Waals surface area (Å²) in [6.45, 7) is 8.75. The molecule has 0 aliphatic heterocycles. The van der Waals surface area contributed by atoms with E-state index in [4.69, 9.17) is 0 Å². The largest absolute Gasteiger partial charge is 0.309 e. The topological polar surface area (TPSA) is 29.9 Å². The summed E-state index contributed by atoms with van der Waals surface area (Å²) >= 11 is 0. The molecule has 1 fully saturated rings. The molecule has 3 nitrogen and oxygen atoms in total. The third-order valence-corrected chi connectivity index (χ3v) is 4.15. The Bertz CT molecular complexity index is 345. The lowest BCUT2D eigenvalue weighted by Gasteiger charge is -2.28. The van der Waals surface area contributed by atoms with Crippen molar-refractivity contribution in [3.8, 4) is 0 Å². The van der Waals surface area contributed by atoms with Gasteiger partial charge in [-0.05, 0) is 37.8 Å². The minimum atomic E-state index is 0.486. The molecule has 3 heteroatoms. The highest BCUT2D eigenvalue weighted by Crippen LogP contribution is 2.39. The molecule has 1 aliphatic rings. The van der Waals surface area contributed by atoms with Gasteiger partial charge >= 0.3 is 0 Å². The molecule has 0 aromatic carbocycles. The van der Waals surface area contributed by atoms with Gasteiger partial charge in [0, 0.05) is 12.7 Å². The van der Waals surface area contributed by atoms with Gasteiger partial charge in [-0.1, -0.05) is 26.7 Å². The van der Waals surface area contributed by atoms with E-state index in [1.165, 1.54) is 25.0 Å². The average molecular weight is 235 g/mol. The van der Waals surface area contributed by atoms with E-state index >= 15 is 0 Å². The van der Waals surface area contributed by atoms with Crippen LogP contribution in [0.4, 0.5) is 0 Å². The third kappa shape index (κ3) is 2.54. The molecule has 1 aliphatic carbocycles. The van der Waals surface area contributed by atoms with Crippen LogP contribution in [0.25, 0.3) is 0 Å². The SMILES string of the molecule is CCNC(c1ccnn1CC)C1CCCC1C. The van der Waals surface area contributed by atoms with Gasteiger partial charge in [-0.25, -0.2) is 0 Å². The Morgan fingerprint density at radius 1 is 1.47 bits per heavy atom. The molecule has 96 valence electrons. The first-order valence-electron chi connectivity index (χ1n) is 7.03. The zero-order valence-corrected chi connectivity index (χ0v) is 11.3. The van der Waals surface area contributed by atoms with Crippen molar-refractivity contribution in [3.63, 3.8) is 0 Å². The summed E-state index contributed by atoms with van der Waals surface area (Å²) in [4.78, 5) is 0. The van der Waals surface area contributed by atoms with Gasteiger partial charge in [0.2, 0.25) is 0 Å². The van der Waals surface area contributed by atoms with Crippen LogP contribution in [-0.4, -0.2) is 16.3 Å². The number of aromatic nitrogens is 2. The summed E-state index contributed by atoms with van der Waals surface area (Å²) in [5.74, 6) is 1.61. The van der Waals surface area contributed by atoms with Crippen molar-refractivity contribution in [2.75, 3.05) is 6.54 Å². The predicted octanol–water partition coefficient (Wildman–Crippen LogP) is 2.99. The first-order valence-corrected chi connectivity index (χ1v) is 7.03. The van der Waals surface area contributed by atoms with Crippen molar-refractivity contribution < 1.29 is 0 Å². The molecule has 1 aromatic heterocycles. The number of hydrogen-bond acceptors (Lipinski definition) is 2. The van der Waals surface area contributed by atoms with Crippen LogP contribution in [0.5, 0.6) is 0 Å². The standard InChI is InChI=1S/C14H25N3/c1-4-15-14(12-8-6-7-11(12)3)13-9-10-16-17(13)5-2/h9-12,14-15H,4-8H2,1-3H3. The molecule has 0 spiro atoms. The van der Waals surface area contributed by atoms with Crippen LogP contribution in [-0.2, 0) is 6.54 Å². The average Bonchev–Trinajstić information content (AvgIpc) is 2.94. The Morgan fingerprint density at radius 3 is 2.88 bits per heavy atom. The van der Waals surface area contributed by atoms with Crippen LogP contribution in [0.15, 0.2) is 12.3 Å². The molecular weight excluding hydrogens is 210 g/mol. The number of nitrogens with one attached hydrogen (secondary N) is 1. The van der Waals surface area contributed by atoms with Gasteiger partial charge in [0.1, 0.15) is 0 Å². The smallest absolute Gasteiger partial charge is 0.0556 e. The molecule has 1 aromatic rings. The van der Waals surface area contributed by atoms with Crippen LogP contribution in [0, 0.1) is 11.8 Å². The molecule has 0 radical (unpaired) electrons. The van der Waals surface area contributed by atoms with Crippen LogP contribution in [0.2, 0.25) is 0 Å². The fraction of sp³-hybridized carbons (Fsp3) is 0.786. The quantitative estimate of drug-likeness (QED) is 0.850. The molecule has 1 N–H and O–H groups in total. The fourth-order valence-electron chi connectivity index (χ4n) is 3.24. The van der Waals surface area contributed by atoms with Crippen molar-refractivity contribution in [2.45, 2.75) is 52.6 Å². The minimum Gasteiger partial charge on any atom is -0.309 e. The van der Waals surface area contributed by atoms with Gasteiger partial charge in [-0.2, -0.15) is 5.10 Å². The van der Waals surface area contributed by atoms with Crippen LogP contribution in [0.3, 0.4) is 0 Å². The second-order valence-electron chi connectivity index (χ2n) is 5.18. The maximum atomic E-state index is 4.41. The minimum absolute atomic E-state index is 0.486. The van der Waals surface area contributed by atoms with Gasteiger partial charge < -0.3 is 5.32 Å². The van der Waals surface area contributed by atoms with E-state index in [2.05, 4.69) is 41.9 Å². The second-order valence-corrected chi connectivity index (χ2v) is 5.18. The first kappa shape index (κ1) is 12.6. The molecule has 2 rings (SSSR count). The fourth-order valence-corrected chi connectivity index (χ4v) is 3.24. The van der Waals surface area contributed by atoms with Crippen molar-refractivity contribution >= 4 is 0 Å². The van der Waals surface area contributed by atoms with Crippen LogP contribution in [0.1, 0.15) is 51.8 Å². The highest BCUT2D eigenvalue weighted by atomic mass is 15.3. The summed E-state index contributed by atoms with van der Waals surface area (Å²) in [6, 6.07) is 2.67. The number of rotatable bonds is 5. The number of aryl methyl sites for hydroxylation is 1. The van der Waals surface area contributed by atoms with E-state index in [-0.39, 0.29) is 0 Å². The molecule has 1 saturated carbocycles. The van der Waals surface area contributed by atoms with Gasteiger partial charge in [0.25, 0.3) is 0 Å². The Balaban J connectivity index is 2.22. The van der Waals surface area contributed by atoms with E-state index in [1.54, 1.807) is 0 Å². The lowest BCUT2D eigenvalue weighted by atomic mass is 9.88. The maximum absolute atomic E-state index is 4.41. The van der Waals surface area contributed by atoms with Gasteiger partial charge in [0.05, 0.1) is 11.7 Å². The summed E-state index contributed by atoms with van der Waals surface area (Å²) in [6.07, 6.45) is 6.05. The summed E-state index contributed by atoms with van der Waals surface area (Å²) in [7, 11) is 0. The molecule has 1 heterocycles. The maximum Gasteiger partial charge on any atom is 0.0556 e. The van der Waals surface area contributed by atoms with Gasteiger partial charge in [-0.3, -0.25) is 4.68 Å². The van der Waals surface area contributed by atoms with E-state index in [0.29, 0.717) is 6.04 Å². The Labute approximate surface area is 105 Å². The normalized spacial score (nSPS) is 26.3. The monoisotopic (exact) mass is 235 g/mol. The summed E-state index contributed by atoms with van der Waals surface area (Å²) in [5.41, 5.74) is 1.37.